The summed E-state index contributed by atoms with van der Waals surface area (Å²) in [5, 5.41) is 5.69. The van der Waals surface area contributed by atoms with Gasteiger partial charge in [-0.05, 0) is 13.1 Å². The molecule has 0 saturated carbocycles. The lowest BCUT2D eigenvalue weighted by atomic mass is 10.1. The highest BCUT2D eigenvalue weighted by molar-refractivity contribution is 7.13. The molecule has 194 valence electrons. The van der Waals surface area contributed by atoms with E-state index in [1.807, 2.05) is 10.3 Å². The van der Waals surface area contributed by atoms with Gasteiger partial charge in [0.1, 0.15) is 5.82 Å². The maximum absolute atomic E-state index is 13.8. The summed E-state index contributed by atoms with van der Waals surface area (Å²) in [7, 11) is 0. The van der Waals surface area contributed by atoms with Crippen molar-refractivity contribution in [2.45, 2.75) is 26.4 Å². The van der Waals surface area contributed by atoms with Gasteiger partial charge in [-0.25, -0.2) is 19.9 Å². The third-order valence-corrected chi connectivity index (χ3v) is 6.53. The minimum absolute atomic E-state index is 0.0274. The van der Waals surface area contributed by atoms with Crippen LogP contribution in [-0.4, -0.2) is 75.8 Å². The van der Waals surface area contributed by atoms with Crippen LogP contribution in [0.25, 0.3) is 11.3 Å². The van der Waals surface area contributed by atoms with Crippen LogP contribution in [0.2, 0.25) is 0 Å². The summed E-state index contributed by atoms with van der Waals surface area (Å²) in [5.74, 6) is 0.129. The average Bonchev–Trinajstić information content (AvgIpc) is 3.31. The van der Waals surface area contributed by atoms with Gasteiger partial charge in [0.2, 0.25) is 11.9 Å². The fraction of sp³-hybridized carbons (Fsp3) is 0.500. The SMILES string of the molecule is CCN(CC)CCc1csc(Nc2cc(-c3cnc(N)nc3C(F)(F)F)nc(N3CCOCC3)n2)n1. The molecule has 36 heavy (non-hydrogen) atoms. The van der Waals surface area contributed by atoms with Crippen LogP contribution in [0.3, 0.4) is 0 Å². The van der Waals surface area contributed by atoms with E-state index in [4.69, 9.17) is 10.5 Å². The first-order valence-corrected chi connectivity index (χ1v) is 12.5. The van der Waals surface area contributed by atoms with Crippen molar-refractivity contribution >= 4 is 34.2 Å². The van der Waals surface area contributed by atoms with Crippen LogP contribution in [0.1, 0.15) is 25.2 Å². The Morgan fingerprint density at radius 3 is 2.58 bits per heavy atom. The van der Waals surface area contributed by atoms with Gasteiger partial charge in [0.15, 0.2) is 10.8 Å². The number of nitrogens with one attached hydrogen (secondary N) is 1. The van der Waals surface area contributed by atoms with Gasteiger partial charge in [-0.15, -0.1) is 11.3 Å². The van der Waals surface area contributed by atoms with Gasteiger partial charge in [0, 0.05) is 49.3 Å². The zero-order chi connectivity index (χ0) is 25.7. The number of thiazole rings is 1. The van der Waals surface area contributed by atoms with Crippen LogP contribution in [0, 0.1) is 0 Å². The van der Waals surface area contributed by atoms with Crippen LogP contribution < -0.4 is 16.0 Å². The van der Waals surface area contributed by atoms with E-state index in [1.54, 1.807) is 0 Å². The minimum Gasteiger partial charge on any atom is -0.378 e. The molecule has 1 aliphatic heterocycles. The van der Waals surface area contributed by atoms with E-state index < -0.39 is 17.8 Å². The Morgan fingerprint density at radius 2 is 1.89 bits per heavy atom. The number of rotatable bonds is 9. The molecule has 3 aromatic heterocycles. The second-order valence-electron chi connectivity index (χ2n) is 8.07. The Morgan fingerprint density at radius 1 is 1.14 bits per heavy atom. The molecular weight excluding hydrogens is 495 g/mol. The number of alkyl halides is 3. The summed E-state index contributed by atoms with van der Waals surface area (Å²) < 4.78 is 46.7. The number of anilines is 4. The van der Waals surface area contributed by atoms with E-state index in [2.05, 4.69) is 49.0 Å². The zero-order valence-electron chi connectivity index (χ0n) is 20.0. The molecular formula is C22H28F3N9OS. The number of hydrogen-bond donors (Lipinski definition) is 2. The van der Waals surface area contributed by atoms with Crippen LogP contribution in [0.15, 0.2) is 17.6 Å². The smallest absolute Gasteiger partial charge is 0.378 e. The molecule has 0 aromatic carbocycles. The highest BCUT2D eigenvalue weighted by Crippen LogP contribution is 2.36. The monoisotopic (exact) mass is 523 g/mol. The van der Waals surface area contributed by atoms with E-state index in [0.29, 0.717) is 37.3 Å². The number of aromatic nitrogens is 5. The standard InChI is InChI=1S/C22H28F3N9OS/c1-3-33(4-2)6-5-14-13-36-21(28-14)31-17-11-16(29-20(30-17)34-7-9-35-10-8-34)15-12-27-19(26)32-18(15)22(23,24)25/h11-13H,3-10H2,1-2H3,(H2,26,27,32)(H,28,29,30,31). The highest BCUT2D eigenvalue weighted by Gasteiger charge is 2.37. The Balaban J connectivity index is 1.66. The first-order valence-electron chi connectivity index (χ1n) is 11.6. The molecule has 10 nitrogen and oxygen atoms in total. The molecule has 0 unspecified atom stereocenters. The highest BCUT2D eigenvalue weighted by atomic mass is 32.1. The molecule has 0 radical (unpaired) electrons. The molecule has 0 bridgehead atoms. The molecule has 14 heteroatoms. The summed E-state index contributed by atoms with van der Waals surface area (Å²) in [6, 6.07) is 1.44. The van der Waals surface area contributed by atoms with E-state index in [9.17, 15) is 13.2 Å². The average molecular weight is 524 g/mol. The molecule has 0 amide bonds. The van der Waals surface area contributed by atoms with Gasteiger partial charge in [0.05, 0.1) is 24.6 Å². The van der Waals surface area contributed by atoms with Gasteiger partial charge in [-0.2, -0.15) is 18.2 Å². The maximum atomic E-state index is 13.8. The number of nitrogens with two attached hydrogens (primary N) is 1. The van der Waals surface area contributed by atoms with Crippen molar-refractivity contribution in [3.63, 3.8) is 0 Å². The first kappa shape index (κ1) is 26.0. The molecule has 3 N–H and O–H groups in total. The molecule has 0 spiro atoms. The molecule has 4 rings (SSSR count). The number of morpholine rings is 1. The van der Waals surface area contributed by atoms with E-state index in [0.717, 1.165) is 37.9 Å². The van der Waals surface area contributed by atoms with Crippen molar-refractivity contribution in [1.29, 1.82) is 0 Å². The van der Waals surface area contributed by atoms with Crippen LogP contribution in [-0.2, 0) is 17.3 Å². The Bertz CT molecular complexity index is 1160. The number of halogens is 3. The van der Waals surface area contributed by atoms with Gasteiger partial charge in [-0.1, -0.05) is 13.8 Å². The molecule has 1 fully saturated rings. The second kappa shape index (κ2) is 11.3. The third-order valence-electron chi connectivity index (χ3n) is 5.73. The van der Waals surface area contributed by atoms with Crippen molar-refractivity contribution in [1.82, 2.24) is 29.8 Å². The summed E-state index contributed by atoms with van der Waals surface area (Å²) >= 11 is 1.41. The predicted molar refractivity (Wildman–Crippen MR) is 132 cm³/mol. The second-order valence-corrected chi connectivity index (χ2v) is 8.93. The van der Waals surface area contributed by atoms with Gasteiger partial charge < -0.3 is 25.6 Å². The Labute approximate surface area is 210 Å². The van der Waals surface area contributed by atoms with E-state index >= 15 is 0 Å². The van der Waals surface area contributed by atoms with Crippen molar-refractivity contribution in [2.24, 2.45) is 0 Å². The molecule has 0 atom stereocenters. The van der Waals surface area contributed by atoms with Crippen molar-refractivity contribution in [3.8, 4) is 11.3 Å². The maximum Gasteiger partial charge on any atom is 0.434 e. The number of likely N-dealkylation sites (N-methyl/N-ethyl adjacent to an activating group) is 1. The summed E-state index contributed by atoms with van der Waals surface area (Å²) in [5.41, 5.74) is 4.97. The Hall–Kier alpha value is -3.10. The van der Waals surface area contributed by atoms with Gasteiger partial charge >= 0.3 is 6.18 Å². The molecule has 1 saturated heterocycles. The van der Waals surface area contributed by atoms with E-state index in [1.165, 1.54) is 17.4 Å². The van der Waals surface area contributed by atoms with Crippen LogP contribution >= 0.6 is 11.3 Å². The van der Waals surface area contributed by atoms with Crippen molar-refractivity contribution in [3.05, 3.63) is 29.0 Å². The van der Waals surface area contributed by atoms with E-state index in [-0.39, 0.29) is 17.2 Å². The van der Waals surface area contributed by atoms with Gasteiger partial charge in [-0.3, -0.25) is 0 Å². The topological polar surface area (TPSA) is 118 Å². The molecule has 0 aliphatic carbocycles. The summed E-state index contributed by atoms with van der Waals surface area (Å²) in [6.45, 7) is 9.03. The largest absolute Gasteiger partial charge is 0.434 e. The van der Waals surface area contributed by atoms with Crippen molar-refractivity contribution < 1.29 is 17.9 Å². The first-order chi connectivity index (χ1) is 17.3. The van der Waals surface area contributed by atoms with Gasteiger partial charge in [0.25, 0.3) is 0 Å². The van der Waals surface area contributed by atoms with Crippen LogP contribution in [0.5, 0.6) is 0 Å². The van der Waals surface area contributed by atoms with Crippen LogP contribution in [0.4, 0.5) is 36.0 Å². The number of hydrogen-bond acceptors (Lipinski definition) is 11. The quantitative estimate of drug-likeness (QED) is 0.432. The molecule has 3 aromatic rings. The molecule has 4 heterocycles. The third kappa shape index (κ3) is 6.36. The fourth-order valence-corrected chi connectivity index (χ4v) is 4.49. The summed E-state index contributed by atoms with van der Waals surface area (Å²) in [4.78, 5) is 25.0. The normalized spacial score (nSPS) is 14.4. The summed E-state index contributed by atoms with van der Waals surface area (Å²) in [6.07, 6.45) is -2.90. The molecule has 1 aliphatic rings. The number of nitrogen functional groups attached to an aromatic ring is 1. The lowest BCUT2D eigenvalue weighted by Gasteiger charge is -2.27. The minimum atomic E-state index is -4.74. The fourth-order valence-electron chi connectivity index (χ4n) is 3.74. The predicted octanol–water partition coefficient (Wildman–Crippen LogP) is 3.46. The Kier molecular flexibility index (Phi) is 8.16. The zero-order valence-corrected chi connectivity index (χ0v) is 20.9. The number of nitrogens with zero attached hydrogens (tertiary/aromatic N) is 7. The lowest BCUT2D eigenvalue weighted by molar-refractivity contribution is -0.140. The lowest BCUT2D eigenvalue weighted by Crippen LogP contribution is -2.37. The number of ether oxygens (including phenoxy) is 1. The van der Waals surface area contributed by atoms with Crippen molar-refractivity contribution in [2.75, 3.05) is 61.9 Å².